The summed E-state index contributed by atoms with van der Waals surface area (Å²) in [7, 11) is 0. The van der Waals surface area contributed by atoms with E-state index in [-0.39, 0.29) is 29.8 Å². The van der Waals surface area contributed by atoms with Crippen molar-refractivity contribution >= 4 is 11.8 Å². The Balaban J connectivity index is 2.89. The highest BCUT2D eigenvalue weighted by molar-refractivity contribution is 5.96. The highest BCUT2D eigenvalue weighted by Crippen LogP contribution is 2.22. The third-order valence-corrected chi connectivity index (χ3v) is 4.09. The second-order valence-corrected chi connectivity index (χ2v) is 5.95. The number of amides is 2. The summed E-state index contributed by atoms with van der Waals surface area (Å²) in [6, 6.07) is -0.686. The van der Waals surface area contributed by atoms with Gasteiger partial charge in [-0.3, -0.25) is 9.59 Å². The average Bonchev–Trinajstić information content (AvgIpc) is 2.35. The van der Waals surface area contributed by atoms with Crippen LogP contribution in [0.3, 0.4) is 0 Å². The zero-order chi connectivity index (χ0) is 14.6. The molecule has 1 saturated heterocycles. The van der Waals surface area contributed by atoms with Crippen molar-refractivity contribution < 1.29 is 9.59 Å². The topological polar surface area (TPSA) is 49.4 Å². The Bertz CT molecular complexity index is 330. The Kier molecular flexibility index (Phi) is 5.83. The van der Waals surface area contributed by atoms with Crippen LogP contribution in [0.15, 0.2) is 0 Å². The van der Waals surface area contributed by atoms with E-state index in [1.807, 2.05) is 11.8 Å². The van der Waals surface area contributed by atoms with Gasteiger partial charge in [0.05, 0.1) is 0 Å². The van der Waals surface area contributed by atoms with Crippen molar-refractivity contribution in [2.24, 2.45) is 11.8 Å². The lowest BCUT2D eigenvalue weighted by Gasteiger charge is -2.41. The molecule has 0 aromatic heterocycles. The van der Waals surface area contributed by atoms with Gasteiger partial charge in [-0.1, -0.05) is 40.5 Å². The second kappa shape index (κ2) is 6.92. The van der Waals surface area contributed by atoms with Gasteiger partial charge >= 0.3 is 0 Å². The zero-order valence-electron chi connectivity index (χ0n) is 12.9. The Morgan fingerprint density at radius 3 is 2.42 bits per heavy atom. The molecule has 0 saturated carbocycles. The third-order valence-electron chi connectivity index (χ3n) is 4.09. The zero-order valence-corrected chi connectivity index (χ0v) is 12.9. The highest BCUT2D eigenvalue weighted by Gasteiger charge is 2.41. The molecule has 4 atom stereocenters. The summed E-state index contributed by atoms with van der Waals surface area (Å²) in [6.45, 7) is 10.9. The first kappa shape index (κ1) is 16.0. The van der Waals surface area contributed by atoms with E-state index >= 15 is 0 Å². The van der Waals surface area contributed by atoms with Crippen molar-refractivity contribution in [1.82, 2.24) is 10.2 Å². The predicted octanol–water partition coefficient (Wildman–Crippen LogP) is 2.18. The van der Waals surface area contributed by atoms with Gasteiger partial charge in [0.2, 0.25) is 11.8 Å². The Morgan fingerprint density at radius 1 is 1.26 bits per heavy atom. The molecule has 0 radical (unpaired) electrons. The minimum absolute atomic E-state index is 0.00477. The molecule has 4 nitrogen and oxygen atoms in total. The third kappa shape index (κ3) is 3.71. The summed E-state index contributed by atoms with van der Waals surface area (Å²) in [5, 5.41) is 2.80. The smallest absolute Gasteiger partial charge is 0.245 e. The van der Waals surface area contributed by atoms with Crippen molar-refractivity contribution in [2.75, 3.05) is 6.54 Å². The summed E-state index contributed by atoms with van der Waals surface area (Å²) >= 11 is 0. The normalized spacial score (nSPS) is 27.1. The fourth-order valence-corrected chi connectivity index (χ4v) is 2.80. The van der Waals surface area contributed by atoms with E-state index in [0.29, 0.717) is 12.5 Å². The monoisotopic (exact) mass is 268 g/mol. The maximum Gasteiger partial charge on any atom is 0.245 e. The molecule has 1 N–H and O–H groups in total. The fraction of sp³-hybridized carbons (Fsp3) is 0.867. The Morgan fingerprint density at radius 2 is 1.89 bits per heavy atom. The molecule has 4 heteroatoms. The number of hydrogen-bond donors (Lipinski definition) is 1. The van der Waals surface area contributed by atoms with Crippen LogP contribution in [0.2, 0.25) is 0 Å². The second-order valence-electron chi connectivity index (χ2n) is 5.95. The first-order valence-electron chi connectivity index (χ1n) is 7.53. The van der Waals surface area contributed by atoms with Crippen LogP contribution in [0.4, 0.5) is 0 Å². The largest absolute Gasteiger partial charge is 0.343 e. The van der Waals surface area contributed by atoms with Crippen molar-refractivity contribution in [3.05, 3.63) is 0 Å². The lowest BCUT2D eigenvalue weighted by Crippen LogP contribution is -2.64. The Hall–Kier alpha value is -1.06. The van der Waals surface area contributed by atoms with E-state index in [1.165, 1.54) is 0 Å². The average molecular weight is 268 g/mol. The number of carbonyl (C=O) groups excluding carboxylic acids is 2. The molecular weight excluding hydrogens is 240 g/mol. The Labute approximate surface area is 116 Å². The van der Waals surface area contributed by atoms with Gasteiger partial charge in [-0.2, -0.15) is 0 Å². The van der Waals surface area contributed by atoms with Crippen molar-refractivity contribution in [3.8, 4) is 0 Å². The standard InChI is InChI=1S/C15H28N2O2/c1-6-8-10(3)9-17-13(11(4)7-2)14(18)16-12(5)15(17)19/h10-13H,6-9H2,1-5H3,(H,16,18). The summed E-state index contributed by atoms with van der Waals surface area (Å²) in [6.07, 6.45) is 3.10. The van der Waals surface area contributed by atoms with Crippen LogP contribution in [0.1, 0.15) is 53.9 Å². The maximum absolute atomic E-state index is 12.4. The van der Waals surface area contributed by atoms with Gasteiger partial charge in [-0.25, -0.2) is 0 Å². The fourth-order valence-electron chi connectivity index (χ4n) is 2.80. The van der Waals surface area contributed by atoms with Crippen LogP contribution in [0, 0.1) is 11.8 Å². The lowest BCUT2D eigenvalue weighted by molar-refractivity contribution is -0.151. The van der Waals surface area contributed by atoms with E-state index in [0.717, 1.165) is 19.3 Å². The predicted molar refractivity (Wildman–Crippen MR) is 76.6 cm³/mol. The van der Waals surface area contributed by atoms with Crippen LogP contribution in [-0.4, -0.2) is 35.3 Å². The number of nitrogens with zero attached hydrogens (tertiary/aromatic N) is 1. The van der Waals surface area contributed by atoms with E-state index in [2.05, 4.69) is 26.1 Å². The van der Waals surface area contributed by atoms with Gasteiger partial charge in [0.1, 0.15) is 12.1 Å². The molecule has 2 amide bonds. The maximum atomic E-state index is 12.4. The van der Waals surface area contributed by atoms with Crippen molar-refractivity contribution in [3.63, 3.8) is 0 Å². The molecule has 0 spiro atoms. The van der Waals surface area contributed by atoms with Gasteiger partial charge in [-0.15, -0.1) is 0 Å². The van der Waals surface area contributed by atoms with Gasteiger partial charge in [0, 0.05) is 6.54 Å². The number of hydrogen-bond acceptors (Lipinski definition) is 2. The molecule has 1 fully saturated rings. The summed E-state index contributed by atoms with van der Waals surface area (Å²) in [5.41, 5.74) is 0. The molecule has 0 bridgehead atoms. The first-order valence-corrected chi connectivity index (χ1v) is 7.53. The van der Waals surface area contributed by atoms with Crippen LogP contribution in [-0.2, 0) is 9.59 Å². The summed E-state index contributed by atoms with van der Waals surface area (Å²) in [5.74, 6) is 0.710. The highest BCUT2D eigenvalue weighted by atomic mass is 16.2. The molecular formula is C15H28N2O2. The lowest BCUT2D eigenvalue weighted by atomic mass is 9.92. The van der Waals surface area contributed by atoms with E-state index < -0.39 is 0 Å². The molecule has 19 heavy (non-hydrogen) atoms. The number of carbonyl (C=O) groups is 2. The van der Waals surface area contributed by atoms with E-state index in [9.17, 15) is 9.59 Å². The van der Waals surface area contributed by atoms with Crippen LogP contribution in [0.25, 0.3) is 0 Å². The van der Waals surface area contributed by atoms with Gasteiger partial charge < -0.3 is 10.2 Å². The molecule has 110 valence electrons. The van der Waals surface area contributed by atoms with Gasteiger partial charge in [-0.05, 0) is 25.2 Å². The van der Waals surface area contributed by atoms with Crippen LogP contribution >= 0.6 is 0 Å². The van der Waals surface area contributed by atoms with Crippen LogP contribution in [0.5, 0.6) is 0 Å². The summed E-state index contributed by atoms with van der Waals surface area (Å²) < 4.78 is 0. The molecule has 1 aliphatic heterocycles. The molecule has 1 aliphatic rings. The van der Waals surface area contributed by atoms with Crippen molar-refractivity contribution in [2.45, 2.75) is 66.0 Å². The molecule has 0 aliphatic carbocycles. The van der Waals surface area contributed by atoms with Crippen LogP contribution < -0.4 is 5.32 Å². The minimum atomic E-state index is -0.387. The molecule has 1 heterocycles. The quantitative estimate of drug-likeness (QED) is 0.802. The molecule has 1 rings (SSSR count). The van der Waals surface area contributed by atoms with Crippen molar-refractivity contribution in [1.29, 1.82) is 0 Å². The molecule has 0 aromatic carbocycles. The number of nitrogens with one attached hydrogen (secondary N) is 1. The molecule has 0 aromatic rings. The van der Waals surface area contributed by atoms with Gasteiger partial charge in [0.15, 0.2) is 0 Å². The SMILES string of the molecule is CCCC(C)CN1C(=O)C(C)NC(=O)C1C(C)CC. The molecule has 4 unspecified atom stereocenters. The minimum Gasteiger partial charge on any atom is -0.343 e. The number of rotatable bonds is 6. The first-order chi connectivity index (χ1) is 8.92. The van der Waals surface area contributed by atoms with E-state index in [1.54, 1.807) is 6.92 Å². The van der Waals surface area contributed by atoms with E-state index in [4.69, 9.17) is 0 Å². The summed E-state index contributed by atoms with van der Waals surface area (Å²) in [4.78, 5) is 26.4. The number of piperazine rings is 1. The van der Waals surface area contributed by atoms with Gasteiger partial charge in [0.25, 0.3) is 0 Å².